The number of aliphatic hydroxyl groups excluding tert-OH is 1. The van der Waals surface area contributed by atoms with E-state index in [0.717, 1.165) is 29.5 Å². The largest absolute Gasteiger partial charge is 0.490 e. The molecule has 5 heteroatoms. The second kappa shape index (κ2) is 9.28. The van der Waals surface area contributed by atoms with Crippen LogP contribution in [0.1, 0.15) is 39.7 Å². The van der Waals surface area contributed by atoms with Crippen molar-refractivity contribution in [2.75, 3.05) is 13.2 Å². The smallest absolute Gasteiger partial charge is 0.175 e. The van der Waals surface area contributed by atoms with Crippen molar-refractivity contribution < 1.29 is 14.6 Å². The van der Waals surface area contributed by atoms with E-state index in [1.807, 2.05) is 26.0 Å². The van der Waals surface area contributed by atoms with Crippen LogP contribution in [0.3, 0.4) is 0 Å². The van der Waals surface area contributed by atoms with E-state index in [0.29, 0.717) is 18.1 Å². The zero-order valence-corrected chi connectivity index (χ0v) is 14.9. The van der Waals surface area contributed by atoms with Crippen LogP contribution in [0.4, 0.5) is 0 Å². The Morgan fingerprint density at radius 1 is 1.29 bits per heavy atom. The Bertz CT molecular complexity index is 438. The Morgan fingerprint density at radius 2 is 2.00 bits per heavy atom. The van der Waals surface area contributed by atoms with Crippen LogP contribution in [-0.2, 0) is 6.54 Å². The fourth-order valence-electron chi connectivity index (χ4n) is 1.79. The molecule has 21 heavy (non-hydrogen) atoms. The van der Waals surface area contributed by atoms with Crippen molar-refractivity contribution >= 4 is 15.9 Å². The molecule has 2 N–H and O–H groups in total. The maximum atomic E-state index is 9.60. The minimum absolute atomic E-state index is 0.301. The molecule has 2 atom stereocenters. The highest BCUT2D eigenvalue weighted by atomic mass is 79.9. The molecular weight excluding hydrogens is 334 g/mol. The van der Waals surface area contributed by atoms with Gasteiger partial charge >= 0.3 is 0 Å². The molecule has 1 aromatic carbocycles. The number of nitrogens with one attached hydrogen (secondary N) is 1. The van der Waals surface area contributed by atoms with Crippen LogP contribution in [-0.4, -0.2) is 30.5 Å². The third-order valence-corrected chi connectivity index (χ3v) is 3.70. The Kier molecular flexibility index (Phi) is 8.07. The molecule has 0 fully saturated rings. The molecule has 0 radical (unpaired) electrons. The molecule has 0 bridgehead atoms. The van der Waals surface area contributed by atoms with Gasteiger partial charge in [-0.1, -0.05) is 6.92 Å². The van der Waals surface area contributed by atoms with Gasteiger partial charge in [0.05, 0.1) is 17.2 Å². The molecule has 120 valence electrons. The summed E-state index contributed by atoms with van der Waals surface area (Å²) in [6.07, 6.45) is 0.258. The molecule has 4 nitrogen and oxygen atoms in total. The first-order valence-electron chi connectivity index (χ1n) is 7.50. The molecule has 0 aromatic heterocycles. The SMILES string of the molecule is CCCNCc1cc(Br)c(OC(C)C(C)O)c(OCC)c1. The number of hydrogen-bond acceptors (Lipinski definition) is 4. The highest BCUT2D eigenvalue weighted by Crippen LogP contribution is 2.37. The maximum Gasteiger partial charge on any atom is 0.175 e. The molecule has 0 spiro atoms. The highest BCUT2D eigenvalue weighted by molar-refractivity contribution is 9.10. The molecule has 1 rings (SSSR count). The minimum Gasteiger partial charge on any atom is -0.490 e. The van der Waals surface area contributed by atoms with Gasteiger partial charge in [0.25, 0.3) is 0 Å². The van der Waals surface area contributed by atoms with E-state index in [9.17, 15) is 5.11 Å². The summed E-state index contributed by atoms with van der Waals surface area (Å²) >= 11 is 3.54. The average molecular weight is 360 g/mol. The van der Waals surface area contributed by atoms with Gasteiger partial charge in [-0.2, -0.15) is 0 Å². The number of aliphatic hydroxyl groups is 1. The first-order chi connectivity index (χ1) is 9.99. The van der Waals surface area contributed by atoms with Crippen LogP contribution in [0.15, 0.2) is 16.6 Å². The molecule has 0 heterocycles. The van der Waals surface area contributed by atoms with Crippen molar-refractivity contribution in [3.63, 3.8) is 0 Å². The van der Waals surface area contributed by atoms with Crippen molar-refractivity contribution in [3.05, 3.63) is 22.2 Å². The third-order valence-electron chi connectivity index (χ3n) is 3.11. The predicted octanol–water partition coefficient (Wildman–Crippen LogP) is 3.50. The van der Waals surface area contributed by atoms with Crippen molar-refractivity contribution in [1.29, 1.82) is 0 Å². The summed E-state index contributed by atoms with van der Waals surface area (Å²) in [5, 5.41) is 13.0. The highest BCUT2D eigenvalue weighted by Gasteiger charge is 2.17. The van der Waals surface area contributed by atoms with Gasteiger partial charge in [0.2, 0.25) is 0 Å². The Morgan fingerprint density at radius 3 is 2.57 bits per heavy atom. The summed E-state index contributed by atoms with van der Waals surface area (Å²) in [7, 11) is 0. The Labute approximate surface area is 136 Å². The van der Waals surface area contributed by atoms with Gasteiger partial charge in [0.1, 0.15) is 6.10 Å². The lowest BCUT2D eigenvalue weighted by Crippen LogP contribution is -2.26. The normalized spacial score (nSPS) is 13.8. The first kappa shape index (κ1) is 18.3. The fourth-order valence-corrected chi connectivity index (χ4v) is 2.38. The Balaban J connectivity index is 2.95. The van der Waals surface area contributed by atoms with Crippen LogP contribution in [0, 0.1) is 0 Å². The molecule has 0 aliphatic rings. The quantitative estimate of drug-likeness (QED) is 0.662. The van der Waals surface area contributed by atoms with Gasteiger partial charge in [-0.25, -0.2) is 0 Å². The van der Waals surface area contributed by atoms with Crippen LogP contribution in [0.5, 0.6) is 11.5 Å². The third kappa shape index (κ3) is 5.85. The molecule has 0 amide bonds. The lowest BCUT2D eigenvalue weighted by atomic mass is 10.2. The number of benzene rings is 1. The molecule has 0 saturated heterocycles. The summed E-state index contributed by atoms with van der Waals surface area (Å²) in [5.74, 6) is 1.34. The van der Waals surface area contributed by atoms with Crippen molar-refractivity contribution in [3.8, 4) is 11.5 Å². The van der Waals surface area contributed by atoms with Gasteiger partial charge in [0.15, 0.2) is 11.5 Å². The van der Waals surface area contributed by atoms with E-state index in [2.05, 4.69) is 28.2 Å². The molecule has 2 unspecified atom stereocenters. The van der Waals surface area contributed by atoms with Crippen LogP contribution >= 0.6 is 15.9 Å². The summed E-state index contributed by atoms with van der Waals surface area (Å²) in [6, 6.07) is 4.01. The summed E-state index contributed by atoms with van der Waals surface area (Å²) in [4.78, 5) is 0. The summed E-state index contributed by atoms with van der Waals surface area (Å²) < 4.78 is 12.4. The number of halogens is 1. The molecular formula is C16H26BrNO3. The van der Waals surface area contributed by atoms with E-state index in [4.69, 9.17) is 9.47 Å². The topological polar surface area (TPSA) is 50.7 Å². The van der Waals surface area contributed by atoms with Gasteiger partial charge in [-0.3, -0.25) is 0 Å². The number of hydrogen-bond donors (Lipinski definition) is 2. The summed E-state index contributed by atoms with van der Waals surface area (Å²) in [5.41, 5.74) is 1.14. The second-order valence-electron chi connectivity index (χ2n) is 5.08. The van der Waals surface area contributed by atoms with E-state index in [-0.39, 0.29) is 6.10 Å². The van der Waals surface area contributed by atoms with Crippen LogP contribution in [0.25, 0.3) is 0 Å². The number of rotatable bonds is 9. The van der Waals surface area contributed by atoms with Crippen molar-refractivity contribution in [2.24, 2.45) is 0 Å². The maximum absolute atomic E-state index is 9.60. The van der Waals surface area contributed by atoms with E-state index >= 15 is 0 Å². The molecule has 0 saturated carbocycles. The van der Waals surface area contributed by atoms with Gasteiger partial charge in [-0.05, 0) is 67.4 Å². The monoisotopic (exact) mass is 359 g/mol. The van der Waals surface area contributed by atoms with E-state index < -0.39 is 6.10 Å². The molecule has 0 aliphatic heterocycles. The Hall–Kier alpha value is -0.780. The predicted molar refractivity (Wildman–Crippen MR) is 89.1 cm³/mol. The average Bonchev–Trinajstić information content (AvgIpc) is 2.43. The zero-order valence-electron chi connectivity index (χ0n) is 13.3. The molecule has 1 aromatic rings. The lowest BCUT2D eigenvalue weighted by Gasteiger charge is -2.21. The van der Waals surface area contributed by atoms with Gasteiger partial charge in [0, 0.05) is 6.54 Å². The van der Waals surface area contributed by atoms with E-state index in [1.54, 1.807) is 6.92 Å². The zero-order chi connectivity index (χ0) is 15.8. The lowest BCUT2D eigenvalue weighted by molar-refractivity contribution is 0.0577. The van der Waals surface area contributed by atoms with Crippen LogP contribution in [0.2, 0.25) is 0 Å². The van der Waals surface area contributed by atoms with Crippen molar-refractivity contribution in [2.45, 2.75) is 52.9 Å². The second-order valence-corrected chi connectivity index (χ2v) is 5.93. The fraction of sp³-hybridized carbons (Fsp3) is 0.625. The van der Waals surface area contributed by atoms with E-state index in [1.165, 1.54) is 0 Å². The van der Waals surface area contributed by atoms with Gasteiger partial charge < -0.3 is 19.9 Å². The van der Waals surface area contributed by atoms with Crippen LogP contribution < -0.4 is 14.8 Å². The summed E-state index contributed by atoms with van der Waals surface area (Å²) in [6.45, 7) is 9.97. The minimum atomic E-state index is -0.544. The number of ether oxygens (including phenoxy) is 2. The standard InChI is InChI=1S/C16H26BrNO3/c1-5-7-18-10-13-8-14(17)16(15(9-13)20-6-2)21-12(4)11(3)19/h8-9,11-12,18-19H,5-7,10H2,1-4H3. The van der Waals surface area contributed by atoms with Crippen molar-refractivity contribution in [1.82, 2.24) is 5.32 Å². The van der Waals surface area contributed by atoms with Gasteiger partial charge in [-0.15, -0.1) is 0 Å². The first-order valence-corrected chi connectivity index (χ1v) is 8.29. The molecule has 0 aliphatic carbocycles.